The van der Waals surface area contributed by atoms with Crippen molar-refractivity contribution in [1.82, 2.24) is 9.88 Å². The first kappa shape index (κ1) is 11.6. The van der Waals surface area contributed by atoms with Gasteiger partial charge in [-0.15, -0.1) is 11.3 Å². The lowest BCUT2D eigenvalue weighted by molar-refractivity contribution is 0.126. The van der Waals surface area contributed by atoms with E-state index in [4.69, 9.17) is 9.84 Å². The van der Waals surface area contributed by atoms with Gasteiger partial charge in [0.05, 0.1) is 24.4 Å². The monoisotopic (exact) mass is 216 g/mol. The molecule has 0 spiro atoms. The summed E-state index contributed by atoms with van der Waals surface area (Å²) in [4.78, 5) is 6.32. The highest BCUT2D eigenvalue weighted by Gasteiger charge is 2.05. The summed E-state index contributed by atoms with van der Waals surface area (Å²) < 4.78 is 5.00. The van der Waals surface area contributed by atoms with Crippen LogP contribution >= 0.6 is 11.3 Å². The number of methoxy groups -OCH3 is 1. The number of aromatic nitrogens is 1. The van der Waals surface area contributed by atoms with Gasteiger partial charge in [-0.05, 0) is 0 Å². The molecule has 0 bridgehead atoms. The molecular weight excluding hydrogens is 200 g/mol. The Hall–Kier alpha value is -0.490. The molecule has 14 heavy (non-hydrogen) atoms. The van der Waals surface area contributed by atoms with Gasteiger partial charge < -0.3 is 9.84 Å². The molecule has 0 aromatic carbocycles. The van der Waals surface area contributed by atoms with E-state index in [0.717, 1.165) is 18.8 Å². The molecule has 1 aromatic rings. The summed E-state index contributed by atoms with van der Waals surface area (Å²) in [5.74, 6) is 0. The van der Waals surface area contributed by atoms with Crippen LogP contribution in [-0.2, 0) is 11.3 Å². The second-order valence-electron chi connectivity index (χ2n) is 2.97. The summed E-state index contributed by atoms with van der Waals surface area (Å²) in [5.41, 5.74) is 2.88. The van der Waals surface area contributed by atoms with Gasteiger partial charge in [0.25, 0.3) is 0 Å². The van der Waals surface area contributed by atoms with Crippen LogP contribution in [0.3, 0.4) is 0 Å². The molecule has 1 rings (SSSR count). The molecule has 1 aromatic heterocycles. The Labute approximate surface area is 88.1 Å². The second-order valence-corrected chi connectivity index (χ2v) is 3.69. The third-order valence-electron chi connectivity index (χ3n) is 1.90. The van der Waals surface area contributed by atoms with Crippen LogP contribution in [0.25, 0.3) is 0 Å². The molecule has 1 heterocycles. The lowest BCUT2D eigenvalue weighted by Gasteiger charge is -2.19. The zero-order valence-corrected chi connectivity index (χ0v) is 9.16. The van der Waals surface area contributed by atoms with Gasteiger partial charge in [-0.3, -0.25) is 4.90 Å². The molecule has 0 aliphatic carbocycles. The average Bonchev–Trinajstić information content (AvgIpc) is 2.67. The van der Waals surface area contributed by atoms with Crippen molar-refractivity contribution >= 4 is 11.3 Å². The summed E-state index contributed by atoms with van der Waals surface area (Å²) >= 11 is 1.59. The summed E-state index contributed by atoms with van der Waals surface area (Å²) in [5, 5.41) is 10.9. The van der Waals surface area contributed by atoms with Crippen LogP contribution in [0, 0.1) is 0 Å². The molecule has 0 aliphatic heterocycles. The molecule has 80 valence electrons. The molecule has 4 nitrogen and oxygen atoms in total. The van der Waals surface area contributed by atoms with E-state index in [1.54, 1.807) is 18.4 Å². The highest BCUT2D eigenvalue weighted by molar-refractivity contribution is 7.07. The van der Waals surface area contributed by atoms with Crippen molar-refractivity contribution in [3.63, 3.8) is 0 Å². The van der Waals surface area contributed by atoms with Crippen LogP contribution in [0.5, 0.6) is 0 Å². The van der Waals surface area contributed by atoms with Crippen molar-refractivity contribution in [2.75, 3.05) is 33.4 Å². The lowest BCUT2D eigenvalue weighted by Crippen LogP contribution is -2.29. The summed E-state index contributed by atoms with van der Waals surface area (Å²) in [6, 6.07) is 0. The van der Waals surface area contributed by atoms with Crippen LogP contribution in [0.4, 0.5) is 0 Å². The Balaban J connectivity index is 2.34. The van der Waals surface area contributed by atoms with Crippen LogP contribution in [0.1, 0.15) is 5.69 Å². The summed E-state index contributed by atoms with van der Waals surface area (Å²) in [6.07, 6.45) is 0. The third-order valence-corrected chi connectivity index (χ3v) is 2.53. The number of aliphatic hydroxyl groups excluding tert-OH is 1. The van der Waals surface area contributed by atoms with Gasteiger partial charge in [0.1, 0.15) is 0 Å². The van der Waals surface area contributed by atoms with Gasteiger partial charge in [-0.1, -0.05) is 0 Å². The normalized spacial score (nSPS) is 11.1. The van der Waals surface area contributed by atoms with Crippen LogP contribution in [-0.4, -0.2) is 48.4 Å². The predicted molar refractivity (Wildman–Crippen MR) is 56.4 cm³/mol. The third kappa shape index (κ3) is 4.15. The first-order valence-electron chi connectivity index (χ1n) is 4.56. The maximum absolute atomic E-state index is 8.86. The summed E-state index contributed by atoms with van der Waals surface area (Å²) in [7, 11) is 1.68. The van der Waals surface area contributed by atoms with Crippen LogP contribution in [0.15, 0.2) is 10.9 Å². The Morgan fingerprint density at radius 2 is 2.43 bits per heavy atom. The van der Waals surface area contributed by atoms with E-state index >= 15 is 0 Å². The molecule has 0 saturated carbocycles. The van der Waals surface area contributed by atoms with E-state index in [-0.39, 0.29) is 6.61 Å². The Morgan fingerprint density at radius 3 is 3.00 bits per heavy atom. The largest absolute Gasteiger partial charge is 0.395 e. The average molecular weight is 216 g/mol. The topological polar surface area (TPSA) is 45.6 Å². The van der Waals surface area contributed by atoms with E-state index < -0.39 is 0 Å². The van der Waals surface area contributed by atoms with Crippen molar-refractivity contribution in [3.8, 4) is 0 Å². The summed E-state index contributed by atoms with van der Waals surface area (Å²) in [6.45, 7) is 3.14. The fourth-order valence-corrected chi connectivity index (χ4v) is 1.73. The Bertz CT molecular complexity index is 229. The van der Waals surface area contributed by atoms with E-state index in [9.17, 15) is 0 Å². The Kier molecular flexibility index (Phi) is 5.70. The number of ether oxygens (including phenoxy) is 1. The number of aliphatic hydroxyl groups is 1. The van der Waals surface area contributed by atoms with Crippen LogP contribution < -0.4 is 0 Å². The van der Waals surface area contributed by atoms with Crippen molar-refractivity contribution < 1.29 is 9.84 Å². The van der Waals surface area contributed by atoms with Crippen molar-refractivity contribution in [2.24, 2.45) is 0 Å². The molecule has 0 saturated heterocycles. The SMILES string of the molecule is COCCN(CCO)Cc1cscn1. The van der Waals surface area contributed by atoms with Crippen molar-refractivity contribution in [2.45, 2.75) is 6.54 Å². The molecule has 0 atom stereocenters. The first-order chi connectivity index (χ1) is 6.86. The van der Waals surface area contributed by atoms with Gasteiger partial charge >= 0.3 is 0 Å². The van der Waals surface area contributed by atoms with Gasteiger partial charge in [-0.25, -0.2) is 4.98 Å². The first-order valence-corrected chi connectivity index (χ1v) is 5.50. The van der Waals surface area contributed by atoms with Crippen LogP contribution in [0.2, 0.25) is 0 Å². The molecular formula is C9H16N2O2S. The van der Waals surface area contributed by atoms with Gasteiger partial charge in [0.15, 0.2) is 0 Å². The number of hydrogen-bond acceptors (Lipinski definition) is 5. The zero-order chi connectivity index (χ0) is 10.2. The zero-order valence-electron chi connectivity index (χ0n) is 8.35. The molecule has 0 fully saturated rings. The fourth-order valence-electron chi connectivity index (χ4n) is 1.18. The molecule has 0 radical (unpaired) electrons. The minimum Gasteiger partial charge on any atom is -0.395 e. The second kappa shape index (κ2) is 6.89. The van der Waals surface area contributed by atoms with Gasteiger partial charge in [0.2, 0.25) is 0 Å². The van der Waals surface area contributed by atoms with E-state index in [2.05, 4.69) is 9.88 Å². The van der Waals surface area contributed by atoms with E-state index in [1.807, 2.05) is 10.9 Å². The fraction of sp³-hybridized carbons (Fsp3) is 0.667. The molecule has 0 aliphatic rings. The predicted octanol–water partition coefficient (Wildman–Crippen LogP) is 0.584. The molecule has 0 unspecified atom stereocenters. The quantitative estimate of drug-likeness (QED) is 0.724. The highest BCUT2D eigenvalue weighted by atomic mass is 32.1. The molecule has 1 N–H and O–H groups in total. The van der Waals surface area contributed by atoms with Crippen molar-refractivity contribution in [1.29, 1.82) is 0 Å². The number of rotatable bonds is 7. The molecule has 5 heteroatoms. The van der Waals surface area contributed by atoms with E-state index in [0.29, 0.717) is 13.2 Å². The smallest absolute Gasteiger partial charge is 0.0795 e. The standard InChI is InChI=1S/C9H16N2O2S/c1-13-5-3-11(2-4-12)6-9-7-14-8-10-9/h7-8,12H,2-6H2,1H3. The maximum Gasteiger partial charge on any atom is 0.0795 e. The van der Waals surface area contributed by atoms with Crippen molar-refractivity contribution in [3.05, 3.63) is 16.6 Å². The van der Waals surface area contributed by atoms with Gasteiger partial charge in [-0.2, -0.15) is 0 Å². The number of thiazole rings is 1. The minimum absolute atomic E-state index is 0.174. The highest BCUT2D eigenvalue weighted by Crippen LogP contribution is 2.04. The maximum atomic E-state index is 8.86. The minimum atomic E-state index is 0.174. The number of nitrogens with zero attached hydrogens (tertiary/aromatic N) is 2. The van der Waals surface area contributed by atoms with E-state index in [1.165, 1.54) is 0 Å². The Morgan fingerprint density at radius 1 is 1.57 bits per heavy atom. The number of hydrogen-bond donors (Lipinski definition) is 1. The van der Waals surface area contributed by atoms with Gasteiger partial charge in [0, 0.05) is 32.1 Å². The lowest BCUT2D eigenvalue weighted by atomic mass is 10.4. The molecule has 0 amide bonds.